The Balaban J connectivity index is 0.000000238. The Bertz CT molecular complexity index is 5240. The van der Waals surface area contributed by atoms with E-state index in [-0.39, 0.29) is 0 Å². The van der Waals surface area contributed by atoms with Crippen LogP contribution >= 0.6 is 0 Å². The number of rotatable bonds is 14. The van der Waals surface area contributed by atoms with E-state index in [9.17, 15) is 0 Å². The molecule has 0 unspecified atom stereocenters. The van der Waals surface area contributed by atoms with Gasteiger partial charge in [-0.25, -0.2) is 9.97 Å². The Morgan fingerprint density at radius 3 is 0.951 bits per heavy atom. The van der Waals surface area contributed by atoms with E-state index in [0.717, 1.165) is 139 Å². The largest absolute Gasteiger partial charge is 0.493 e. The van der Waals surface area contributed by atoms with Gasteiger partial charge in [-0.2, -0.15) is 0 Å². The van der Waals surface area contributed by atoms with Crippen molar-refractivity contribution in [3.63, 3.8) is 0 Å². The standard InChI is InChI=1S/C12H13N.2C11H15NO.2C10H13NO.2C9H12.5C8H11N.2C7H10N2/c1-9(2)12-11-6-4-3-5-10(11)7-8-13-12;1-8(2)10-11-9(5-6-12-10)4-3-7-13-11;1-8(2)10-6-11-9(7-12-10)4-3-5-13-11;1-7(2)9-10-8(3-5-11-9)4-6-12-10;1-7(2)9-5-10-8(6-11-9)3-4-12-10;2*1-8(2)9-6-4-3-5-7-9;1-7(2)8-3-5-9-6-4-8;1-7(2)8-4-3-5-9-6-8;3*1-7(2)8-5-3-4-6-9-8;1-6(2)7-5-8-3-4-9-7;1-6(2)7-8-4-3-5-9-7/h3-9H,1-2H3;5-6,8H,3-4,7H2,1-2H3;6-8H,3-5H2,1-2H3;3,5,7H,4,6H2,1-2H3;5-7H,3-4H2,1-2H3;2*3-8H,1-2H3;5*3-7H,1-2H3;2*3-6H,1-2H3. The first-order valence-electron chi connectivity index (χ1n) is 52.1. The summed E-state index contributed by atoms with van der Waals surface area (Å²) in [7, 11) is 0. The van der Waals surface area contributed by atoms with E-state index in [2.05, 4.69) is 367 Å². The molecule has 16 heterocycles. The van der Waals surface area contributed by atoms with Crippen LogP contribution in [0.3, 0.4) is 0 Å². The Morgan fingerprint density at radius 2 is 0.569 bits per heavy atom. The third kappa shape index (κ3) is 45.2. The van der Waals surface area contributed by atoms with E-state index in [4.69, 9.17) is 18.9 Å². The smallest absolute Gasteiger partial charge is 0.144 e. The van der Waals surface area contributed by atoms with Gasteiger partial charge in [0.15, 0.2) is 0 Å². The Kier molecular flexibility index (Phi) is 55.9. The summed E-state index contributed by atoms with van der Waals surface area (Å²) in [5.41, 5.74) is 20.8. The van der Waals surface area contributed by atoms with Gasteiger partial charge in [-0.05, 0) is 215 Å². The zero-order chi connectivity index (χ0) is 105. The number of benzene rings is 3. The Hall–Kier alpha value is -13.2. The van der Waals surface area contributed by atoms with Crippen LogP contribution in [0.15, 0.2) is 306 Å². The molecule has 15 aromatic rings. The first kappa shape index (κ1) is 119. The first-order chi connectivity index (χ1) is 69.1. The predicted octanol–water partition coefficient (Wildman–Crippen LogP) is 32.5. The zero-order valence-electron chi connectivity index (χ0n) is 91.9. The predicted molar refractivity (Wildman–Crippen MR) is 600 cm³/mol. The lowest BCUT2D eigenvalue weighted by Gasteiger charge is -2.20. The van der Waals surface area contributed by atoms with Crippen LogP contribution < -0.4 is 18.9 Å². The van der Waals surface area contributed by atoms with Crippen LogP contribution in [0.1, 0.15) is 391 Å². The molecule has 18 heteroatoms. The second-order valence-corrected chi connectivity index (χ2v) is 39.9. The topological polar surface area (TPSA) is 217 Å². The lowest BCUT2D eigenvalue weighted by atomic mass is 10.0. The molecule has 0 saturated heterocycles. The minimum atomic E-state index is 0.436. The number of nitrogens with zero attached hydrogens (tertiary/aromatic N) is 14. The summed E-state index contributed by atoms with van der Waals surface area (Å²) in [6.45, 7) is 63.6. The molecule has 12 aromatic heterocycles. The number of pyridine rings is 10. The van der Waals surface area contributed by atoms with Gasteiger partial charge in [-0.1, -0.05) is 303 Å². The minimum absolute atomic E-state index is 0.436. The molecular weight excluding hydrogens is 1770 g/mol. The molecule has 0 bridgehead atoms. The fourth-order valence-electron chi connectivity index (χ4n) is 14.3. The van der Waals surface area contributed by atoms with Gasteiger partial charge in [0.05, 0.1) is 49.2 Å². The maximum Gasteiger partial charge on any atom is 0.144 e. The Morgan fingerprint density at radius 1 is 0.201 bits per heavy atom. The maximum absolute atomic E-state index is 5.65. The van der Waals surface area contributed by atoms with Crippen LogP contribution in [0.5, 0.6) is 23.0 Å². The monoisotopic (exact) mass is 1940 g/mol. The lowest BCUT2D eigenvalue weighted by molar-refractivity contribution is 0.282. The second-order valence-electron chi connectivity index (χ2n) is 39.9. The molecule has 0 spiro atoms. The fourth-order valence-corrected chi connectivity index (χ4v) is 14.3. The summed E-state index contributed by atoms with van der Waals surface area (Å²) in [5, 5.41) is 2.56. The highest BCUT2D eigenvalue weighted by Crippen LogP contribution is 2.35. The van der Waals surface area contributed by atoms with Gasteiger partial charge in [0, 0.05) is 187 Å². The minimum Gasteiger partial charge on any atom is -0.493 e. The summed E-state index contributed by atoms with van der Waals surface area (Å²) >= 11 is 0. The van der Waals surface area contributed by atoms with Crippen molar-refractivity contribution in [1.29, 1.82) is 0 Å². The molecule has 0 fully saturated rings. The van der Waals surface area contributed by atoms with Crippen LogP contribution in [0, 0.1) is 0 Å². The van der Waals surface area contributed by atoms with E-state index in [1.807, 2.05) is 165 Å². The first-order valence-corrected chi connectivity index (χ1v) is 52.1. The molecule has 19 rings (SSSR count). The molecule has 766 valence electrons. The van der Waals surface area contributed by atoms with Gasteiger partial charge >= 0.3 is 0 Å². The third-order valence-electron chi connectivity index (χ3n) is 23.2. The van der Waals surface area contributed by atoms with E-state index >= 15 is 0 Å². The van der Waals surface area contributed by atoms with Crippen molar-refractivity contribution in [2.75, 3.05) is 26.4 Å². The lowest BCUT2D eigenvalue weighted by Crippen LogP contribution is -2.12. The van der Waals surface area contributed by atoms with E-state index in [1.54, 1.807) is 37.2 Å². The van der Waals surface area contributed by atoms with Gasteiger partial charge in [0.2, 0.25) is 0 Å². The highest BCUT2D eigenvalue weighted by atomic mass is 16.5. The van der Waals surface area contributed by atoms with E-state index in [1.165, 1.54) is 61.0 Å². The normalized spacial score (nSPS) is 11.9. The van der Waals surface area contributed by atoms with Gasteiger partial charge in [0.25, 0.3) is 0 Å². The molecule has 0 amide bonds. The molecule has 0 saturated carbocycles. The van der Waals surface area contributed by atoms with Crippen molar-refractivity contribution in [3.8, 4) is 23.0 Å². The third-order valence-corrected chi connectivity index (χ3v) is 23.2. The van der Waals surface area contributed by atoms with Crippen LogP contribution in [0.2, 0.25) is 0 Å². The molecule has 0 atom stereocenters. The molecular formula is C126H168N14O4. The molecule has 0 radical (unpaired) electrons. The molecule has 3 aromatic carbocycles. The number of fused-ring (bicyclic) bond motifs is 5. The number of hydrogen-bond donors (Lipinski definition) is 0. The van der Waals surface area contributed by atoms with E-state index in [0.29, 0.717) is 82.9 Å². The summed E-state index contributed by atoms with van der Waals surface area (Å²) in [5.74, 6) is 12.5. The molecule has 0 N–H and O–H groups in total. The van der Waals surface area contributed by atoms with Gasteiger partial charge < -0.3 is 18.9 Å². The van der Waals surface area contributed by atoms with Gasteiger partial charge in [-0.15, -0.1) is 0 Å². The SMILES string of the molecule is CC(C)c1cc2c(cn1)CCCO2.CC(C)c1cc2c(cn1)CCO2.CC(C)c1ccccc1.CC(C)c1ccccc1.CC(C)c1ccccn1.CC(C)c1ccccn1.CC(C)c1ccccn1.CC(C)c1cccnc1.CC(C)c1ccncc1.CC(C)c1cnccn1.CC(C)c1nccc2c1OCC2.CC(C)c1nccc2c1OCCC2.CC(C)c1nccc2ccccc12.CC(C)c1ncccn1. The van der Waals surface area contributed by atoms with Gasteiger partial charge in [0.1, 0.15) is 28.8 Å². The number of hydrogen-bond acceptors (Lipinski definition) is 18. The van der Waals surface area contributed by atoms with Crippen molar-refractivity contribution >= 4 is 10.8 Å². The number of ether oxygens (including phenoxy) is 4. The molecule has 0 aliphatic carbocycles. The molecule has 18 nitrogen and oxygen atoms in total. The van der Waals surface area contributed by atoms with E-state index < -0.39 is 0 Å². The Labute approximate surface area is 865 Å². The van der Waals surface area contributed by atoms with Crippen LogP contribution in [0.4, 0.5) is 0 Å². The highest BCUT2D eigenvalue weighted by molar-refractivity contribution is 5.84. The average molecular weight is 1940 g/mol. The summed E-state index contributed by atoms with van der Waals surface area (Å²) in [4.78, 5) is 58.5. The van der Waals surface area contributed by atoms with Crippen molar-refractivity contribution in [2.45, 2.75) is 315 Å². The zero-order valence-corrected chi connectivity index (χ0v) is 91.9. The summed E-state index contributed by atoms with van der Waals surface area (Å²) < 4.78 is 22.2. The van der Waals surface area contributed by atoms with Crippen LogP contribution in [-0.4, -0.2) is 96.2 Å². The number of aromatic nitrogens is 14. The number of aryl methyl sites for hydroxylation is 2. The van der Waals surface area contributed by atoms with Crippen molar-refractivity contribution in [1.82, 2.24) is 69.8 Å². The maximum atomic E-state index is 5.65. The average Bonchev–Trinajstić information content (AvgIpc) is 1.78. The second kappa shape index (κ2) is 67.3. The van der Waals surface area contributed by atoms with Crippen molar-refractivity contribution < 1.29 is 18.9 Å². The summed E-state index contributed by atoms with van der Waals surface area (Å²) in [6.07, 6.45) is 37.7. The highest BCUT2D eigenvalue weighted by Gasteiger charge is 2.21. The fraction of sp³-hybridized carbons (Fsp3) is 0.413. The van der Waals surface area contributed by atoms with Crippen LogP contribution in [0.25, 0.3) is 10.8 Å². The molecule has 4 aliphatic rings. The summed E-state index contributed by atoms with van der Waals surface area (Å²) in [6, 6.07) is 67.7. The molecule has 144 heavy (non-hydrogen) atoms. The van der Waals surface area contributed by atoms with Gasteiger partial charge in [-0.3, -0.25) is 59.8 Å². The van der Waals surface area contributed by atoms with Crippen molar-refractivity contribution in [3.05, 3.63) is 407 Å². The molecule has 4 aliphatic heterocycles. The quantitative estimate of drug-likeness (QED) is 0.0988. The van der Waals surface area contributed by atoms with Crippen molar-refractivity contribution in [2.24, 2.45) is 0 Å². The van der Waals surface area contributed by atoms with Crippen LogP contribution in [-0.2, 0) is 25.7 Å².